The Morgan fingerprint density at radius 2 is 2.10 bits per heavy atom. The van der Waals surface area contributed by atoms with Crippen LogP contribution in [0.25, 0.3) is 0 Å². The summed E-state index contributed by atoms with van der Waals surface area (Å²) in [5.41, 5.74) is 0.593. The van der Waals surface area contributed by atoms with E-state index in [-0.39, 0.29) is 24.8 Å². The molecule has 0 heterocycles. The Bertz CT molecular complexity index is 466. The number of hydrogen-bond donors (Lipinski definition) is 2. The lowest BCUT2D eigenvalue weighted by atomic mass is 10.3. The maximum atomic E-state index is 12.1. The molecule has 20 heavy (non-hydrogen) atoms. The molecule has 1 atom stereocenters. The molecule has 0 bridgehead atoms. The number of hydrogen-bond acceptors (Lipinski definition) is 3. The van der Waals surface area contributed by atoms with Crippen molar-refractivity contribution < 1.29 is 14.6 Å². The first-order chi connectivity index (χ1) is 9.35. The Morgan fingerprint density at radius 1 is 1.45 bits per heavy atom. The van der Waals surface area contributed by atoms with E-state index in [0.29, 0.717) is 11.4 Å². The summed E-state index contributed by atoms with van der Waals surface area (Å²) in [5, 5.41) is 11.9. The van der Waals surface area contributed by atoms with Crippen LogP contribution in [-0.4, -0.2) is 41.8 Å². The number of aliphatic hydroxyl groups is 1. The van der Waals surface area contributed by atoms with Gasteiger partial charge in [-0.2, -0.15) is 0 Å². The van der Waals surface area contributed by atoms with Gasteiger partial charge < -0.3 is 20.1 Å². The maximum Gasteiger partial charge on any atom is 0.322 e. The fourth-order valence-corrected chi connectivity index (χ4v) is 1.84. The lowest BCUT2D eigenvalue weighted by molar-refractivity contribution is 0.166. The van der Waals surface area contributed by atoms with Crippen LogP contribution < -0.4 is 10.1 Å². The number of nitrogens with zero attached hydrogens (tertiary/aromatic N) is 1. The Labute approximate surface area is 128 Å². The molecule has 0 aromatic heterocycles. The molecule has 112 valence electrons. The van der Waals surface area contributed by atoms with Crippen molar-refractivity contribution in [3.63, 3.8) is 0 Å². The quantitative estimate of drug-likeness (QED) is 0.862. The number of aliphatic hydroxyl groups excluding tert-OH is 1. The zero-order chi connectivity index (χ0) is 15.3. The van der Waals surface area contributed by atoms with Crippen LogP contribution in [0.2, 0.25) is 0 Å². The van der Waals surface area contributed by atoms with Gasteiger partial charge in [0.05, 0.1) is 24.4 Å². The highest BCUT2D eigenvalue weighted by Crippen LogP contribution is 2.29. The van der Waals surface area contributed by atoms with Crippen LogP contribution in [0.15, 0.2) is 22.7 Å². The highest BCUT2D eigenvalue weighted by atomic mass is 79.9. The van der Waals surface area contributed by atoms with Crippen molar-refractivity contribution in [3.8, 4) is 5.75 Å². The van der Waals surface area contributed by atoms with E-state index in [4.69, 9.17) is 9.84 Å². The number of likely N-dealkylation sites (N-methyl/N-ethyl adjacent to an activating group) is 1. The van der Waals surface area contributed by atoms with E-state index in [1.54, 1.807) is 26.1 Å². The van der Waals surface area contributed by atoms with Crippen molar-refractivity contribution in [2.75, 3.05) is 19.0 Å². The Hall–Kier alpha value is -1.27. The van der Waals surface area contributed by atoms with E-state index < -0.39 is 0 Å². The molecular formula is C14H21BrN2O3. The lowest BCUT2D eigenvalue weighted by Gasteiger charge is -2.24. The van der Waals surface area contributed by atoms with Gasteiger partial charge in [-0.1, -0.05) is 15.9 Å². The molecule has 0 fully saturated rings. The Kier molecular flexibility index (Phi) is 6.29. The van der Waals surface area contributed by atoms with Crippen LogP contribution in [-0.2, 0) is 0 Å². The standard InChI is InChI=1S/C14H21BrN2O3/c1-9(2)20-13-6-5-11(15)7-12(13)16-14(19)17(4)10(3)8-18/h5-7,9-10,18H,8H2,1-4H3,(H,16,19). The largest absolute Gasteiger partial charge is 0.489 e. The highest BCUT2D eigenvalue weighted by Gasteiger charge is 2.17. The molecule has 1 aromatic rings. The van der Waals surface area contributed by atoms with E-state index in [9.17, 15) is 4.79 Å². The van der Waals surface area contributed by atoms with Gasteiger partial charge in [0, 0.05) is 11.5 Å². The molecular weight excluding hydrogens is 324 g/mol. The number of rotatable bonds is 5. The number of nitrogens with one attached hydrogen (secondary N) is 1. The summed E-state index contributed by atoms with van der Waals surface area (Å²) in [6.45, 7) is 5.53. The summed E-state index contributed by atoms with van der Waals surface area (Å²) in [6.07, 6.45) is 0.0147. The first-order valence-electron chi connectivity index (χ1n) is 6.46. The van der Waals surface area contributed by atoms with E-state index in [1.165, 1.54) is 4.90 Å². The van der Waals surface area contributed by atoms with Crippen molar-refractivity contribution >= 4 is 27.6 Å². The van der Waals surface area contributed by atoms with Gasteiger partial charge in [0.25, 0.3) is 0 Å². The summed E-state index contributed by atoms with van der Waals surface area (Å²) >= 11 is 3.37. The maximum absolute atomic E-state index is 12.1. The zero-order valence-corrected chi connectivity index (χ0v) is 13.8. The van der Waals surface area contributed by atoms with Gasteiger partial charge in [-0.3, -0.25) is 0 Å². The van der Waals surface area contributed by atoms with Gasteiger partial charge in [-0.05, 0) is 39.0 Å². The van der Waals surface area contributed by atoms with E-state index in [2.05, 4.69) is 21.2 Å². The van der Waals surface area contributed by atoms with Gasteiger partial charge in [-0.15, -0.1) is 0 Å². The molecule has 0 saturated carbocycles. The monoisotopic (exact) mass is 344 g/mol. The molecule has 1 rings (SSSR count). The number of anilines is 1. The third-order valence-electron chi connectivity index (χ3n) is 2.79. The molecule has 0 aliphatic carbocycles. The van der Waals surface area contributed by atoms with Crippen LogP contribution in [0.5, 0.6) is 5.75 Å². The third kappa shape index (κ3) is 4.68. The average Bonchev–Trinajstić information content (AvgIpc) is 2.39. The van der Waals surface area contributed by atoms with Crippen LogP contribution in [0.1, 0.15) is 20.8 Å². The van der Waals surface area contributed by atoms with Gasteiger partial charge in [0.15, 0.2) is 0 Å². The Balaban J connectivity index is 2.90. The van der Waals surface area contributed by atoms with Crippen molar-refractivity contribution in [2.24, 2.45) is 0 Å². The molecule has 0 spiro atoms. The predicted octanol–water partition coefficient (Wildman–Crippen LogP) is 3.08. The minimum Gasteiger partial charge on any atom is -0.489 e. The van der Waals surface area contributed by atoms with Gasteiger partial charge >= 0.3 is 6.03 Å². The third-order valence-corrected chi connectivity index (χ3v) is 3.28. The van der Waals surface area contributed by atoms with Crippen molar-refractivity contribution in [1.82, 2.24) is 4.90 Å². The summed E-state index contributed by atoms with van der Waals surface area (Å²) in [6, 6.07) is 4.89. The first-order valence-corrected chi connectivity index (χ1v) is 7.25. The van der Waals surface area contributed by atoms with Gasteiger partial charge in [0.1, 0.15) is 5.75 Å². The molecule has 1 unspecified atom stereocenters. The molecule has 2 amide bonds. The molecule has 0 saturated heterocycles. The molecule has 1 aromatic carbocycles. The summed E-state index contributed by atoms with van der Waals surface area (Å²) in [5.74, 6) is 0.613. The summed E-state index contributed by atoms with van der Waals surface area (Å²) in [4.78, 5) is 13.5. The number of halogens is 1. The predicted molar refractivity (Wildman–Crippen MR) is 83.2 cm³/mol. The SMILES string of the molecule is CC(C)Oc1ccc(Br)cc1NC(=O)N(C)C(C)CO. The normalized spacial score (nSPS) is 12.2. The second-order valence-corrected chi connectivity index (χ2v) is 5.80. The second-order valence-electron chi connectivity index (χ2n) is 4.88. The average molecular weight is 345 g/mol. The summed E-state index contributed by atoms with van der Waals surface area (Å²) < 4.78 is 6.51. The van der Waals surface area contributed by atoms with Crippen molar-refractivity contribution in [3.05, 3.63) is 22.7 Å². The molecule has 0 aliphatic rings. The number of amides is 2. The minimum absolute atomic E-state index is 0.0147. The number of ether oxygens (including phenoxy) is 1. The molecule has 0 radical (unpaired) electrons. The number of urea groups is 1. The number of benzene rings is 1. The number of carbonyl (C=O) groups excluding carboxylic acids is 1. The van der Waals surface area contributed by atoms with Gasteiger partial charge in [-0.25, -0.2) is 4.79 Å². The Morgan fingerprint density at radius 3 is 2.65 bits per heavy atom. The fraction of sp³-hybridized carbons (Fsp3) is 0.500. The van der Waals surface area contributed by atoms with E-state index in [1.807, 2.05) is 19.9 Å². The van der Waals surface area contributed by atoms with Crippen LogP contribution >= 0.6 is 15.9 Å². The van der Waals surface area contributed by atoms with Crippen LogP contribution in [0, 0.1) is 0 Å². The van der Waals surface area contributed by atoms with E-state index in [0.717, 1.165) is 4.47 Å². The van der Waals surface area contributed by atoms with Crippen molar-refractivity contribution in [1.29, 1.82) is 0 Å². The summed E-state index contributed by atoms with van der Waals surface area (Å²) in [7, 11) is 1.64. The molecule has 0 aliphatic heterocycles. The van der Waals surface area contributed by atoms with Crippen LogP contribution in [0.3, 0.4) is 0 Å². The topological polar surface area (TPSA) is 61.8 Å². The molecule has 5 nitrogen and oxygen atoms in total. The lowest BCUT2D eigenvalue weighted by Crippen LogP contribution is -2.40. The fourth-order valence-electron chi connectivity index (χ4n) is 1.48. The highest BCUT2D eigenvalue weighted by molar-refractivity contribution is 9.10. The molecule has 6 heteroatoms. The molecule has 2 N–H and O–H groups in total. The number of carbonyl (C=O) groups is 1. The zero-order valence-electron chi connectivity index (χ0n) is 12.2. The van der Waals surface area contributed by atoms with Crippen molar-refractivity contribution in [2.45, 2.75) is 32.9 Å². The van der Waals surface area contributed by atoms with Crippen LogP contribution in [0.4, 0.5) is 10.5 Å². The second kappa shape index (κ2) is 7.50. The minimum atomic E-state index is -0.293. The smallest absolute Gasteiger partial charge is 0.322 e. The van der Waals surface area contributed by atoms with E-state index >= 15 is 0 Å². The first kappa shape index (κ1) is 16.8. The van der Waals surface area contributed by atoms with Gasteiger partial charge in [0.2, 0.25) is 0 Å².